The Hall–Kier alpha value is -0.910. The minimum Gasteiger partial charge on any atom is -0.372 e. The second-order valence-corrected chi connectivity index (χ2v) is 4.96. The van der Waals surface area contributed by atoms with Gasteiger partial charge in [0.25, 0.3) is 0 Å². The fourth-order valence-corrected chi connectivity index (χ4v) is 1.99. The monoisotopic (exact) mass is 239 g/mol. The van der Waals surface area contributed by atoms with Gasteiger partial charge in [-0.2, -0.15) is 5.10 Å². The van der Waals surface area contributed by atoms with Crippen LogP contribution in [0, 0.1) is 6.92 Å². The molecule has 2 N–H and O–H groups in total. The van der Waals surface area contributed by atoms with E-state index in [0.29, 0.717) is 13.2 Å². The van der Waals surface area contributed by atoms with Gasteiger partial charge in [0.15, 0.2) is 0 Å². The molecule has 1 atom stereocenters. The average Bonchev–Trinajstić information content (AvgIpc) is 2.67. The highest BCUT2D eigenvalue weighted by Gasteiger charge is 2.33. The minimum absolute atomic E-state index is 0.100. The summed E-state index contributed by atoms with van der Waals surface area (Å²) in [5, 5.41) is 10.3. The molecule has 2 rings (SSSR count). The van der Waals surface area contributed by atoms with Crippen LogP contribution in [0.1, 0.15) is 25.1 Å². The molecule has 1 aromatic heterocycles. The molecule has 1 fully saturated rings. The number of hydrogen-bond acceptors (Lipinski definition) is 4. The summed E-state index contributed by atoms with van der Waals surface area (Å²) in [6, 6.07) is 0. The molecule has 1 saturated heterocycles. The third-order valence-corrected chi connectivity index (χ3v) is 3.23. The lowest BCUT2D eigenvalue weighted by molar-refractivity contribution is -0.184. The van der Waals surface area contributed by atoms with Crippen molar-refractivity contribution in [2.24, 2.45) is 0 Å². The summed E-state index contributed by atoms with van der Waals surface area (Å²) in [6.45, 7) is 9.12. The third kappa shape index (κ3) is 3.06. The largest absolute Gasteiger partial charge is 0.372 e. The highest BCUT2D eigenvalue weighted by molar-refractivity contribution is 5.13. The topological polar surface area (TPSA) is 59.2 Å². The summed E-state index contributed by atoms with van der Waals surface area (Å²) < 4.78 is 11.4. The van der Waals surface area contributed by atoms with Gasteiger partial charge in [-0.05, 0) is 20.8 Å². The van der Waals surface area contributed by atoms with Gasteiger partial charge in [-0.15, -0.1) is 0 Å². The Bertz CT molecular complexity index is 362. The Kier molecular flexibility index (Phi) is 3.81. The molecule has 5 heteroatoms. The van der Waals surface area contributed by atoms with Crippen molar-refractivity contribution < 1.29 is 9.47 Å². The van der Waals surface area contributed by atoms with Crippen LogP contribution in [0.25, 0.3) is 0 Å². The molecule has 1 aliphatic rings. The standard InChI is InChI=1S/C12H21N3O2/c1-9-10(7-14-15-9)6-13-8-11-12(2,3)17-5-4-16-11/h7,11,13H,4-6,8H2,1-3H3,(H,14,15). The van der Waals surface area contributed by atoms with E-state index in [4.69, 9.17) is 9.47 Å². The van der Waals surface area contributed by atoms with Gasteiger partial charge in [-0.25, -0.2) is 0 Å². The molecule has 0 radical (unpaired) electrons. The predicted molar refractivity (Wildman–Crippen MR) is 64.8 cm³/mol. The molecule has 17 heavy (non-hydrogen) atoms. The Morgan fingerprint density at radius 2 is 2.35 bits per heavy atom. The first-order valence-electron chi connectivity index (χ1n) is 6.05. The molecule has 0 aliphatic carbocycles. The van der Waals surface area contributed by atoms with E-state index < -0.39 is 0 Å². The maximum absolute atomic E-state index is 5.73. The molecule has 1 unspecified atom stereocenters. The molecular formula is C12H21N3O2. The maximum Gasteiger partial charge on any atom is 0.0984 e. The fraction of sp³-hybridized carbons (Fsp3) is 0.750. The number of H-pyrrole nitrogens is 1. The van der Waals surface area contributed by atoms with Crippen LogP contribution in [0.2, 0.25) is 0 Å². The third-order valence-electron chi connectivity index (χ3n) is 3.23. The zero-order valence-corrected chi connectivity index (χ0v) is 10.7. The van der Waals surface area contributed by atoms with Crippen molar-refractivity contribution in [3.63, 3.8) is 0 Å². The van der Waals surface area contributed by atoms with E-state index in [1.54, 1.807) is 0 Å². The van der Waals surface area contributed by atoms with Gasteiger partial charge in [-0.3, -0.25) is 5.10 Å². The first-order chi connectivity index (χ1) is 8.09. The van der Waals surface area contributed by atoms with Gasteiger partial charge in [0.2, 0.25) is 0 Å². The van der Waals surface area contributed by atoms with Crippen molar-refractivity contribution in [2.45, 2.75) is 39.0 Å². The Morgan fingerprint density at radius 1 is 1.53 bits per heavy atom. The van der Waals surface area contributed by atoms with Crippen LogP contribution in [0.15, 0.2) is 6.20 Å². The van der Waals surface area contributed by atoms with E-state index in [9.17, 15) is 0 Å². The number of rotatable bonds is 4. The summed E-state index contributed by atoms with van der Waals surface area (Å²) in [4.78, 5) is 0. The van der Waals surface area contributed by atoms with Crippen LogP contribution in [-0.2, 0) is 16.0 Å². The van der Waals surface area contributed by atoms with Crippen LogP contribution < -0.4 is 5.32 Å². The van der Waals surface area contributed by atoms with Crippen LogP contribution >= 0.6 is 0 Å². The number of ether oxygens (including phenoxy) is 2. The van der Waals surface area contributed by atoms with Gasteiger partial charge < -0.3 is 14.8 Å². The molecule has 0 saturated carbocycles. The quantitative estimate of drug-likeness (QED) is 0.823. The molecule has 0 bridgehead atoms. The van der Waals surface area contributed by atoms with Crippen molar-refractivity contribution in [1.82, 2.24) is 15.5 Å². The second kappa shape index (κ2) is 5.16. The first kappa shape index (κ1) is 12.5. The van der Waals surface area contributed by atoms with Gasteiger partial charge in [-0.1, -0.05) is 0 Å². The summed E-state index contributed by atoms with van der Waals surface area (Å²) >= 11 is 0. The van der Waals surface area contributed by atoms with Gasteiger partial charge in [0.05, 0.1) is 31.1 Å². The predicted octanol–water partition coefficient (Wildman–Crippen LogP) is 1.00. The Balaban J connectivity index is 1.80. The van der Waals surface area contributed by atoms with E-state index in [2.05, 4.69) is 29.4 Å². The van der Waals surface area contributed by atoms with Crippen LogP contribution in [-0.4, -0.2) is 41.7 Å². The summed E-state index contributed by atoms with van der Waals surface area (Å²) in [5.41, 5.74) is 2.09. The van der Waals surface area contributed by atoms with E-state index in [-0.39, 0.29) is 11.7 Å². The van der Waals surface area contributed by atoms with Gasteiger partial charge in [0, 0.05) is 24.3 Å². The number of hydrogen-bond donors (Lipinski definition) is 2. The summed E-state index contributed by atoms with van der Waals surface area (Å²) in [5.74, 6) is 0. The zero-order valence-electron chi connectivity index (χ0n) is 10.7. The molecule has 0 spiro atoms. The van der Waals surface area contributed by atoms with E-state index in [0.717, 1.165) is 18.8 Å². The molecule has 1 aromatic rings. The van der Waals surface area contributed by atoms with E-state index >= 15 is 0 Å². The molecule has 0 amide bonds. The minimum atomic E-state index is -0.212. The van der Waals surface area contributed by atoms with Gasteiger partial charge >= 0.3 is 0 Å². The number of nitrogens with one attached hydrogen (secondary N) is 2. The second-order valence-electron chi connectivity index (χ2n) is 4.96. The lowest BCUT2D eigenvalue weighted by Gasteiger charge is -2.38. The normalized spacial score (nSPS) is 23.8. The van der Waals surface area contributed by atoms with Crippen molar-refractivity contribution in [3.8, 4) is 0 Å². The Labute approximate surface area is 102 Å². The number of aromatic nitrogens is 2. The van der Waals surface area contributed by atoms with Crippen molar-refractivity contribution in [2.75, 3.05) is 19.8 Å². The lowest BCUT2D eigenvalue weighted by atomic mass is 10.0. The van der Waals surface area contributed by atoms with Crippen molar-refractivity contribution in [1.29, 1.82) is 0 Å². The molecule has 96 valence electrons. The number of aromatic amines is 1. The average molecular weight is 239 g/mol. The molecule has 2 heterocycles. The maximum atomic E-state index is 5.73. The summed E-state index contributed by atoms with van der Waals surface area (Å²) in [6.07, 6.45) is 1.95. The first-order valence-corrected chi connectivity index (χ1v) is 6.05. The number of nitrogens with zero attached hydrogens (tertiary/aromatic N) is 1. The number of aryl methyl sites for hydroxylation is 1. The van der Waals surface area contributed by atoms with Crippen molar-refractivity contribution in [3.05, 3.63) is 17.5 Å². The Morgan fingerprint density at radius 3 is 3.00 bits per heavy atom. The molecule has 1 aliphatic heterocycles. The van der Waals surface area contributed by atoms with Gasteiger partial charge in [0.1, 0.15) is 0 Å². The highest BCUT2D eigenvalue weighted by Crippen LogP contribution is 2.21. The lowest BCUT2D eigenvalue weighted by Crippen LogP contribution is -2.51. The fourth-order valence-electron chi connectivity index (χ4n) is 1.99. The van der Waals surface area contributed by atoms with E-state index in [1.165, 1.54) is 5.56 Å². The summed E-state index contributed by atoms with van der Waals surface area (Å²) in [7, 11) is 0. The van der Waals surface area contributed by atoms with Crippen LogP contribution in [0.5, 0.6) is 0 Å². The molecule has 5 nitrogen and oxygen atoms in total. The zero-order chi connectivity index (χ0) is 12.3. The van der Waals surface area contributed by atoms with Crippen LogP contribution in [0.4, 0.5) is 0 Å². The molecular weight excluding hydrogens is 218 g/mol. The van der Waals surface area contributed by atoms with Crippen LogP contribution in [0.3, 0.4) is 0 Å². The van der Waals surface area contributed by atoms with E-state index in [1.807, 2.05) is 13.1 Å². The van der Waals surface area contributed by atoms with Crippen molar-refractivity contribution >= 4 is 0 Å². The smallest absolute Gasteiger partial charge is 0.0984 e. The molecule has 0 aromatic carbocycles. The highest BCUT2D eigenvalue weighted by atomic mass is 16.6. The SMILES string of the molecule is Cc1[nH]ncc1CNCC1OCCOC1(C)C.